The first kappa shape index (κ1) is 17.4. The fourth-order valence-corrected chi connectivity index (χ4v) is 3.02. The molecule has 130 valence electrons. The van der Waals surface area contributed by atoms with Crippen molar-refractivity contribution in [1.82, 2.24) is 4.90 Å². The minimum atomic E-state index is -0.728. The van der Waals surface area contributed by atoms with E-state index in [0.717, 1.165) is 6.07 Å². The molecule has 0 radical (unpaired) electrons. The van der Waals surface area contributed by atoms with Gasteiger partial charge >= 0.3 is 0 Å². The van der Waals surface area contributed by atoms with E-state index in [4.69, 9.17) is 11.6 Å². The van der Waals surface area contributed by atoms with Gasteiger partial charge in [-0.2, -0.15) is 0 Å². The zero-order valence-electron chi connectivity index (χ0n) is 13.4. The molecule has 2 amide bonds. The number of anilines is 1. The number of carbonyl (C=O) groups excluding carboxylic acids is 2. The first-order valence-corrected chi connectivity index (χ1v) is 8.09. The third-order valence-corrected chi connectivity index (χ3v) is 4.49. The average Bonchev–Trinajstić information content (AvgIpc) is 2.59. The van der Waals surface area contributed by atoms with E-state index in [2.05, 4.69) is 0 Å². The highest BCUT2D eigenvalue weighted by Crippen LogP contribution is 2.26. The quantitative estimate of drug-likeness (QED) is 0.818. The van der Waals surface area contributed by atoms with E-state index < -0.39 is 23.6 Å². The van der Waals surface area contributed by atoms with E-state index in [1.807, 2.05) is 0 Å². The van der Waals surface area contributed by atoms with Crippen molar-refractivity contribution in [2.24, 2.45) is 0 Å². The van der Waals surface area contributed by atoms with Crippen LogP contribution < -0.4 is 4.90 Å². The lowest BCUT2D eigenvalue weighted by molar-refractivity contribution is -0.124. The number of piperazine rings is 1. The Balaban J connectivity index is 1.81. The van der Waals surface area contributed by atoms with Crippen molar-refractivity contribution >= 4 is 29.1 Å². The van der Waals surface area contributed by atoms with E-state index in [1.54, 1.807) is 6.92 Å². The number of amides is 2. The molecule has 1 atom stereocenters. The molecule has 0 N–H and O–H groups in total. The summed E-state index contributed by atoms with van der Waals surface area (Å²) in [5.41, 5.74) is 0.666. The van der Waals surface area contributed by atoms with Crippen molar-refractivity contribution in [2.75, 3.05) is 18.0 Å². The molecular formula is C18H15ClF2N2O2. The summed E-state index contributed by atoms with van der Waals surface area (Å²) in [6.45, 7) is 2.13. The molecule has 0 bridgehead atoms. The van der Waals surface area contributed by atoms with Gasteiger partial charge in [-0.1, -0.05) is 17.7 Å². The van der Waals surface area contributed by atoms with Gasteiger partial charge in [0.15, 0.2) is 0 Å². The molecule has 1 heterocycles. The van der Waals surface area contributed by atoms with Gasteiger partial charge in [0.2, 0.25) is 5.91 Å². The third-order valence-electron chi connectivity index (χ3n) is 4.20. The summed E-state index contributed by atoms with van der Waals surface area (Å²) < 4.78 is 26.6. The maximum Gasteiger partial charge on any atom is 0.254 e. The number of carbonyl (C=O) groups is 2. The van der Waals surface area contributed by atoms with Gasteiger partial charge in [0, 0.05) is 24.3 Å². The van der Waals surface area contributed by atoms with Crippen LogP contribution in [-0.4, -0.2) is 35.8 Å². The molecule has 4 nitrogen and oxygen atoms in total. The Morgan fingerprint density at radius 1 is 1.16 bits per heavy atom. The first-order chi connectivity index (χ1) is 11.9. The van der Waals surface area contributed by atoms with Crippen LogP contribution in [0.4, 0.5) is 14.5 Å². The Hall–Kier alpha value is -2.47. The fraction of sp³-hybridized carbons (Fsp3) is 0.222. The van der Waals surface area contributed by atoms with E-state index in [0.29, 0.717) is 5.69 Å². The Morgan fingerprint density at radius 2 is 1.92 bits per heavy atom. The summed E-state index contributed by atoms with van der Waals surface area (Å²) in [5, 5.41) is -0.0729. The van der Waals surface area contributed by atoms with Crippen LogP contribution >= 0.6 is 11.6 Å². The Bertz CT molecular complexity index is 844. The SMILES string of the molecule is C[C@H]1C(=O)N(c2ccc(F)c(Cl)c2)CCN1C(=O)c1cccc(F)c1. The number of hydrogen-bond donors (Lipinski definition) is 0. The monoisotopic (exact) mass is 364 g/mol. The van der Waals surface area contributed by atoms with E-state index in [9.17, 15) is 18.4 Å². The maximum absolute atomic E-state index is 13.3. The molecule has 7 heteroatoms. The summed E-state index contributed by atoms with van der Waals surface area (Å²) in [6.07, 6.45) is 0. The smallest absolute Gasteiger partial charge is 0.254 e. The number of nitrogens with zero attached hydrogens (tertiary/aromatic N) is 2. The minimum absolute atomic E-state index is 0.0729. The highest BCUT2D eigenvalue weighted by atomic mass is 35.5. The second-order valence-corrected chi connectivity index (χ2v) is 6.18. The zero-order chi connectivity index (χ0) is 18.1. The predicted molar refractivity (Wildman–Crippen MR) is 90.7 cm³/mol. The zero-order valence-corrected chi connectivity index (χ0v) is 14.1. The van der Waals surface area contributed by atoms with Gasteiger partial charge in [-0.25, -0.2) is 8.78 Å². The standard InChI is InChI=1S/C18H15ClF2N2O2/c1-11-17(24)23(14-5-6-16(21)15(19)10-14)8-7-22(11)18(25)12-3-2-4-13(20)9-12/h2-6,9-11H,7-8H2,1H3/t11-/m0/s1. The van der Waals surface area contributed by atoms with Crippen LogP contribution in [-0.2, 0) is 4.79 Å². The van der Waals surface area contributed by atoms with Crippen molar-refractivity contribution in [3.8, 4) is 0 Å². The Labute approximate surface area is 148 Å². The average molecular weight is 365 g/mol. The van der Waals surface area contributed by atoms with E-state index in [1.165, 1.54) is 46.2 Å². The molecule has 1 saturated heterocycles. The Kier molecular flexibility index (Phi) is 4.72. The predicted octanol–water partition coefficient (Wildman–Crippen LogP) is 3.50. The normalized spacial score (nSPS) is 17.8. The van der Waals surface area contributed by atoms with Crippen LogP contribution in [0.2, 0.25) is 5.02 Å². The number of rotatable bonds is 2. The molecule has 2 aromatic rings. The second kappa shape index (κ2) is 6.80. The maximum atomic E-state index is 13.3. The van der Waals surface area contributed by atoms with Gasteiger partial charge < -0.3 is 9.80 Å². The van der Waals surface area contributed by atoms with E-state index in [-0.39, 0.29) is 29.6 Å². The molecule has 2 aromatic carbocycles. The molecule has 0 spiro atoms. The fourth-order valence-electron chi connectivity index (χ4n) is 2.84. The molecule has 0 aliphatic carbocycles. The molecule has 1 aliphatic rings. The van der Waals surface area contributed by atoms with Crippen molar-refractivity contribution in [3.05, 3.63) is 64.7 Å². The van der Waals surface area contributed by atoms with Gasteiger partial charge in [-0.15, -0.1) is 0 Å². The molecule has 0 unspecified atom stereocenters. The Morgan fingerprint density at radius 3 is 2.60 bits per heavy atom. The van der Waals surface area contributed by atoms with Gasteiger partial charge in [-0.05, 0) is 43.3 Å². The summed E-state index contributed by atoms with van der Waals surface area (Å²) >= 11 is 5.78. The van der Waals surface area contributed by atoms with Gasteiger partial charge in [0.1, 0.15) is 17.7 Å². The molecule has 3 rings (SSSR count). The summed E-state index contributed by atoms with van der Waals surface area (Å²) in [7, 11) is 0. The molecule has 0 saturated carbocycles. The largest absolute Gasteiger partial charge is 0.325 e. The van der Waals surface area contributed by atoms with Crippen molar-refractivity contribution in [1.29, 1.82) is 0 Å². The van der Waals surface area contributed by atoms with E-state index >= 15 is 0 Å². The van der Waals surface area contributed by atoms with Crippen LogP contribution in [0.1, 0.15) is 17.3 Å². The van der Waals surface area contributed by atoms with Gasteiger partial charge in [-0.3, -0.25) is 9.59 Å². The minimum Gasteiger partial charge on any atom is -0.325 e. The number of hydrogen-bond acceptors (Lipinski definition) is 2. The van der Waals surface area contributed by atoms with Gasteiger partial charge in [0.05, 0.1) is 5.02 Å². The molecule has 25 heavy (non-hydrogen) atoms. The van der Waals surface area contributed by atoms with Crippen LogP contribution in [0, 0.1) is 11.6 Å². The van der Waals surface area contributed by atoms with Crippen molar-refractivity contribution in [3.63, 3.8) is 0 Å². The number of halogens is 3. The summed E-state index contributed by atoms with van der Waals surface area (Å²) in [5.74, 6) is -1.79. The summed E-state index contributed by atoms with van der Waals surface area (Å²) in [4.78, 5) is 28.1. The van der Waals surface area contributed by atoms with Crippen LogP contribution in [0.5, 0.6) is 0 Å². The topological polar surface area (TPSA) is 40.6 Å². The molecular weight excluding hydrogens is 350 g/mol. The lowest BCUT2D eigenvalue weighted by Crippen LogP contribution is -2.57. The molecule has 1 aliphatic heterocycles. The first-order valence-electron chi connectivity index (χ1n) is 7.71. The highest BCUT2D eigenvalue weighted by molar-refractivity contribution is 6.31. The summed E-state index contributed by atoms with van der Waals surface area (Å²) in [6, 6.07) is 8.67. The second-order valence-electron chi connectivity index (χ2n) is 5.77. The lowest BCUT2D eigenvalue weighted by Gasteiger charge is -2.39. The van der Waals surface area contributed by atoms with Crippen LogP contribution in [0.3, 0.4) is 0 Å². The molecule has 1 fully saturated rings. The third kappa shape index (κ3) is 3.35. The number of benzene rings is 2. The van der Waals surface area contributed by atoms with Crippen LogP contribution in [0.15, 0.2) is 42.5 Å². The van der Waals surface area contributed by atoms with Crippen LogP contribution in [0.25, 0.3) is 0 Å². The highest BCUT2D eigenvalue weighted by Gasteiger charge is 2.35. The molecule has 0 aromatic heterocycles. The van der Waals surface area contributed by atoms with Gasteiger partial charge in [0.25, 0.3) is 5.91 Å². The van der Waals surface area contributed by atoms with Crippen molar-refractivity contribution in [2.45, 2.75) is 13.0 Å². The van der Waals surface area contributed by atoms with Crippen molar-refractivity contribution < 1.29 is 18.4 Å². The lowest BCUT2D eigenvalue weighted by atomic mass is 10.1.